The summed E-state index contributed by atoms with van der Waals surface area (Å²) < 4.78 is 0. The van der Waals surface area contributed by atoms with Crippen molar-refractivity contribution in [2.75, 3.05) is 11.1 Å². The van der Waals surface area contributed by atoms with E-state index in [-0.39, 0.29) is 0 Å². The highest BCUT2D eigenvalue weighted by Crippen LogP contribution is 2.26. The van der Waals surface area contributed by atoms with E-state index >= 15 is 0 Å². The summed E-state index contributed by atoms with van der Waals surface area (Å²) in [5, 5.41) is 4.49. The van der Waals surface area contributed by atoms with Crippen molar-refractivity contribution in [1.82, 2.24) is 4.98 Å². The van der Waals surface area contributed by atoms with E-state index in [1.54, 1.807) is 6.20 Å². The average Bonchev–Trinajstić information content (AvgIpc) is 2.43. The molecule has 0 bridgehead atoms. The molecule has 3 N–H and O–H groups in total. The Morgan fingerprint density at radius 2 is 1.89 bits per heavy atom. The Labute approximate surface area is 112 Å². The quantitative estimate of drug-likeness (QED) is 0.678. The van der Waals surface area contributed by atoms with E-state index in [1.165, 1.54) is 0 Å². The number of nitrogen functional groups attached to an aromatic ring is 1. The number of anilines is 3. The first-order valence-corrected chi connectivity index (χ1v) is 6.21. The van der Waals surface area contributed by atoms with Crippen molar-refractivity contribution in [1.29, 1.82) is 0 Å². The number of benzene rings is 2. The Morgan fingerprint density at radius 3 is 2.74 bits per heavy atom. The maximum atomic E-state index is 5.93. The van der Waals surface area contributed by atoms with Crippen LogP contribution in [-0.4, -0.2) is 4.98 Å². The lowest BCUT2D eigenvalue weighted by Crippen LogP contribution is -1.95. The molecule has 0 aliphatic heterocycles. The lowest BCUT2D eigenvalue weighted by molar-refractivity contribution is 1.40. The van der Waals surface area contributed by atoms with Crippen molar-refractivity contribution in [3.8, 4) is 0 Å². The molecule has 0 fully saturated rings. The molecule has 0 atom stereocenters. The van der Waals surface area contributed by atoms with Gasteiger partial charge in [0.15, 0.2) is 0 Å². The zero-order valence-electron chi connectivity index (χ0n) is 10.7. The number of nitrogens with one attached hydrogen (secondary N) is 1. The van der Waals surface area contributed by atoms with Crippen LogP contribution in [0.3, 0.4) is 0 Å². The molecule has 3 aromatic rings. The number of hydrogen-bond donors (Lipinski definition) is 2. The van der Waals surface area contributed by atoms with Gasteiger partial charge < -0.3 is 11.1 Å². The molecule has 1 heterocycles. The lowest BCUT2D eigenvalue weighted by Gasteiger charge is -2.10. The Kier molecular flexibility index (Phi) is 2.80. The Balaban J connectivity index is 2.03. The predicted octanol–water partition coefficient (Wildman–Crippen LogP) is 3.87. The van der Waals surface area contributed by atoms with Crippen molar-refractivity contribution in [2.24, 2.45) is 0 Å². The third-order valence-electron chi connectivity index (χ3n) is 3.19. The van der Waals surface area contributed by atoms with E-state index in [1.807, 2.05) is 43.3 Å². The van der Waals surface area contributed by atoms with Crippen LogP contribution >= 0.6 is 0 Å². The van der Waals surface area contributed by atoms with Gasteiger partial charge in [0.25, 0.3) is 0 Å². The van der Waals surface area contributed by atoms with Crippen LogP contribution in [0.15, 0.2) is 54.7 Å². The second kappa shape index (κ2) is 4.61. The molecule has 0 radical (unpaired) electrons. The van der Waals surface area contributed by atoms with Gasteiger partial charge in [-0.2, -0.15) is 0 Å². The summed E-state index contributed by atoms with van der Waals surface area (Å²) in [5.41, 5.74) is 10.7. The fourth-order valence-electron chi connectivity index (χ4n) is 2.08. The number of rotatable bonds is 2. The average molecular weight is 249 g/mol. The number of nitrogens with two attached hydrogens (primary N) is 1. The SMILES string of the molecule is Cc1ccc(Nc2cccc3cccnc23)cc1N. The molecular weight excluding hydrogens is 234 g/mol. The summed E-state index contributed by atoms with van der Waals surface area (Å²) in [6.07, 6.45) is 1.80. The summed E-state index contributed by atoms with van der Waals surface area (Å²) in [7, 11) is 0. The van der Waals surface area contributed by atoms with Crippen LogP contribution in [0.4, 0.5) is 17.1 Å². The van der Waals surface area contributed by atoms with E-state index in [0.29, 0.717) is 0 Å². The van der Waals surface area contributed by atoms with Crippen molar-refractivity contribution < 1.29 is 0 Å². The summed E-state index contributed by atoms with van der Waals surface area (Å²) in [5.74, 6) is 0. The Morgan fingerprint density at radius 1 is 1.05 bits per heavy atom. The Hall–Kier alpha value is -2.55. The molecule has 3 nitrogen and oxygen atoms in total. The zero-order valence-corrected chi connectivity index (χ0v) is 10.7. The minimum atomic E-state index is 0.790. The summed E-state index contributed by atoms with van der Waals surface area (Å²) in [4.78, 5) is 4.42. The number of para-hydroxylation sites is 1. The van der Waals surface area contributed by atoms with Crippen LogP contribution in [0.1, 0.15) is 5.56 Å². The van der Waals surface area contributed by atoms with E-state index < -0.39 is 0 Å². The first-order valence-electron chi connectivity index (χ1n) is 6.21. The molecule has 0 saturated heterocycles. The van der Waals surface area contributed by atoms with Gasteiger partial charge in [0.05, 0.1) is 11.2 Å². The number of aromatic nitrogens is 1. The molecule has 0 aliphatic rings. The van der Waals surface area contributed by atoms with Gasteiger partial charge in [-0.05, 0) is 36.8 Å². The molecule has 1 aromatic heterocycles. The molecule has 0 unspecified atom stereocenters. The van der Waals surface area contributed by atoms with Gasteiger partial charge in [0, 0.05) is 23.0 Å². The molecule has 3 rings (SSSR count). The molecule has 2 aromatic carbocycles. The van der Waals surface area contributed by atoms with Gasteiger partial charge in [-0.25, -0.2) is 0 Å². The minimum absolute atomic E-state index is 0.790. The van der Waals surface area contributed by atoms with Crippen molar-refractivity contribution >= 4 is 28.0 Å². The molecule has 0 saturated carbocycles. The molecule has 19 heavy (non-hydrogen) atoms. The second-order valence-corrected chi connectivity index (χ2v) is 4.58. The van der Waals surface area contributed by atoms with Crippen molar-refractivity contribution in [2.45, 2.75) is 6.92 Å². The standard InChI is InChI=1S/C16H15N3/c1-11-7-8-13(10-14(11)17)19-15-6-2-4-12-5-3-9-18-16(12)15/h2-10,19H,17H2,1H3. The normalized spacial score (nSPS) is 10.6. The fourth-order valence-corrected chi connectivity index (χ4v) is 2.08. The van der Waals surface area contributed by atoms with Gasteiger partial charge in [0.1, 0.15) is 0 Å². The molecule has 0 spiro atoms. The predicted molar refractivity (Wildman–Crippen MR) is 80.6 cm³/mol. The zero-order chi connectivity index (χ0) is 13.2. The molecule has 3 heteroatoms. The number of fused-ring (bicyclic) bond motifs is 1. The highest BCUT2D eigenvalue weighted by molar-refractivity contribution is 5.92. The molecule has 0 amide bonds. The minimum Gasteiger partial charge on any atom is -0.398 e. The van der Waals surface area contributed by atoms with Gasteiger partial charge in [0.2, 0.25) is 0 Å². The highest BCUT2D eigenvalue weighted by atomic mass is 14.9. The monoisotopic (exact) mass is 249 g/mol. The summed E-state index contributed by atoms with van der Waals surface area (Å²) in [6.45, 7) is 2.00. The molecular formula is C16H15N3. The number of pyridine rings is 1. The lowest BCUT2D eigenvalue weighted by atomic mass is 10.1. The second-order valence-electron chi connectivity index (χ2n) is 4.58. The summed E-state index contributed by atoms with van der Waals surface area (Å²) in [6, 6.07) is 16.1. The smallest absolute Gasteiger partial charge is 0.0936 e. The first-order chi connectivity index (χ1) is 9.24. The van der Waals surface area contributed by atoms with Crippen LogP contribution in [0, 0.1) is 6.92 Å². The first kappa shape index (κ1) is 11.5. The molecule has 94 valence electrons. The van der Waals surface area contributed by atoms with Crippen LogP contribution in [0.25, 0.3) is 10.9 Å². The van der Waals surface area contributed by atoms with Crippen LogP contribution < -0.4 is 11.1 Å². The van der Waals surface area contributed by atoms with Gasteiger partial charge in [-0.1, -0.05) is 24.3 Å². The van der Waals surface area contributed by atoms with E-state index in [2.05, 4.69) is 22.4 Å². The summed E-state index contributed by atoms with van der Waals surface area (Å²) >= 11 is 0. The van der Waals surface area contributed by atoms with Crippen LogP contribution in [0.5, 0.6) is 0 Å². The topological polar surface area (TPSA) is 50.9 Å². The highest BCUT2D eigenvalue weighted by Gasteiger charge is 2.03. The van der Waals surface area contributed by atoms with E-state index in [4.69, 9.17) is 5.73 Å². The number of hydrogen-bond acceptors (Lipinski definition) is 3. The maximum Gasteiger partial charge on any atom is 0.0936 e. The third kappa shape index (κ3) is 2.22. The number of aryl methyl sites for hydroxylation is 1. The van der Waals surface area contributed by atoms with Gasteiger partial charge >= 0.3 is 0 Å². The van der Waals surface area contributed by atoms with Crippen LogP contribution in [-0.2, 0) is 0 Å². The number of nitrogens with zero attached hydrogens (tertiary/aromatic N) is 1. The Bertz CT molecular complexity index is 730. The van der Waals surface area contributed by atoms with Crippen LogP contribution in [0.2, 0.25) is 0 Å². The molecule has 0 aliphatic carbocycles. The van der Waals surface area contributed by atoms with Crippen molar-refractivity contribution in [3.05, 3.63) is 60.3 Å². The van der Waals surface area contributed by atoms with Gasteiger partial charge in [-0.15, -0.1) is 0 Å². The van der Waals surface area contributed by atoms with E-state index in [0.717, 1.165) is 33.5 Å². The third-order valence-corrected chi connectivity index (χ3v) is 3.19. The van der Waals surface area contributed by atoms with Crippen molar-refractivity contribution in [3.63, 3.8) is 0 Å². The largest absolute Gasteiger partial charge is 0.398 e. The van der Waals surface area contributed by atoms with Gasteiger partial charge in [-0.3, -0.25) is 4.98 Å². The fraction of sp³-hybridized carbons (Fsp3) is 0.0625. The maximum absolute atomic E-state index is 5.93. The van der Waals surface area contributed by atoms with E-state index in [9.17, 15) is 0 Å².